The predicted molar refractivity (Wildman–Crippen MR) is 124 cm³/mol. The average Bonchev–Trinajstić information content (AvgIpc) is 2.78. The number of primary sulfonamides is 1. The third kappa shape index (κ3) is 4.87. The van der Waals surface area contributed by atoms with Gasteiger partial charge in [-0.1, -0.05) is 18.2 Å². The summed E-state index contributed by atoms with van der Waals surface area (Å²) in [6.45, 7) is 4.79. The lowest BCUT2D eigenvalue weighted by Crippen LogP contribution is -2.52. The lowest BCUT2D eigenvalue weighted by Gasteiger charge is -2.41. The van der Waals surface area contributed by atoms with Crippen molar-refractivity contribution in [2.75, 3.05) is 29.6 Å². The number of rotatable bonds is 3. The first-order valence-electron chi connectivity index (χ1n) is 10.8. The monoisotopic (exact) mass is 473 g/mol. The van der Waals surface area contributed by atoms with Gasteiger partial charge in [-0.3, -0.25) is 9.69 Å². The number of carbonyl (C=O) groups excluding carboxylic acids is 2. The molecule has 0 aromatic heterocycles. The molecule has 176 valence electrons. The molecule has 33 heavy (non-hydrogen) atoms. The van der Waals surface area contributed by atoms with Gasteiger partial charge in [0.2, 0.25) is 15.9 Å². The molecule has 1 fully saturated rings. The van der Waals surface area contributed by atoms with E-state index in [2.05, 4.69) is 0 Å². The van der Waals surface area contributed by atoms with Crippen molar-refractivity contribution in [2.45, 2.75) is 43.7 Å². The van der Waals surface area contributed by atoms with Crippen molar-refractivity contribution in [1.82, 2.24) is 0 Å². The molecule has 0 spiro atoms. The molecular formula is C23H27N3O6S. The van der Waals surface area contributed by atoms with Gasteiger partial charge in [-0.2, -0.15) is 0 Å². The van der Waals surface area contributed by atoms with Crippen molar-refractivity contribution in [3.8, 4) is 11.1 Å². The molecule has 0 saturated carbocycles. The second-order valence-electron chi connectivity index (χ2n) is 8.32. The summed E-state index contributed by atoms with van der Waals surface area (Å²) in [5.74, 6) is -0.119. The third-order valence-corrected chi connectivity index (χ3v) is 6.85. The highest BCUT2D eigenvalue weighted by Crippen LogP contribution is 2.39. The van der Waals surface area contributed by atoms with Gasteiger partial charge in [-0.05, 0) is 42.3 Å². The molecule has 2 aliphatic rings. The molecule has 2 amide bonds. The summed E-state index contributed by atoms with van der Waals surface area (Å²) in [4.78, 5) is 28.7. The number of hydrogen-bond acceptors (Lipinski definition) is 6. The smallest absolute Gasteiger partial charge is 0.414 e. The Balaban J connectivity index is 1.70. The largest absolute Gasteiger partial charge is 0.446 e. The van der Waals surface area contributed by atoms with E-state index in [1.165, 1.54) is 19.1 Å². The fourth-order valence-electron chi connectivity index (χ4n) is 4.29. The summed E-state index contributed by atoms with van der Waals surface area (Å²) in [6, 6.07) is 11.4. The highest BCUT2D eigenvalue weighted by molar-refractivity contribution is 7.89. The first-order chi connectivity index (χ1) is 15.6. The highest BCUT2D eigenvalue weighted by atomic mass is 32.2. The normalized spacial score (nSPS) is 19.2. The van der Waals surface area contributed by atoms with Crippen LogP contribution in [0.4, 0.5) is 16.2 Å². The van der Waals surface area contributed by atoms with Crippen LogP contribution in [-0.2, 0) is 24.3 Å². The number of carbonyl (C=O) groups is 2. The zero-order valence-electron chi connectivity index (χ0n) is 18.6. The molecule has 10 heteroatoms. The van der Waals surface area contributed by atoms with Gasteiger partial charge < -0.3 is 14.4 Å². The van der Waals surface area contributed by atoms with Crippen LogP contribution in [0.5, 0.6) is 0 Å². The van der Waals surface area contributed by atoms with Crippen LogP contribution >= 0.6 is 0 Å². The van der Waals surface area contributed by atoms with Crippen molar-refractivity contribution in [2.24, 2.45) is 5.14 Å². The Morgan fingerprint density at radius 2 is 1.67 bits per heavy atom. The fourth-order valence-corrected chi connectivity index (χ4v) is 4.81. The van der Waals surface area contributed by atoms with E-state index >= 15 is 0 Å². The molecule has 4 rings (SSSR count). The Labute approximate surface area is 193 Å². The van der Waals surface area contributed by atoms with E-state index in [1.54, 1.807) is 28.0 Å². The summed E-state index contributed by atoms with van der Waals surface area (Å²) in [7, 11) is -3.80. The van der Waals surface area contributed by atoms with Crippen molar-refractivity contribution >= 4 is 33.4 Å². The number of ether oxygens (including phenoxy) is 2. The second kappa shape index (κ2) is 9.12. The molecule has 0 bridgehead atoms. The van der Waals surface area contributed by atoms with Crippen LogP contribution in [0.25, 0.3) is 11.1 Å². The zero-order valence-corrected chi connectivity index (χ0v) is 19.4. The Bertz CT molecular complexity index is 1160. The molecule has 9 nitrogen and oxygen atoms in total. The van der Waals surface area contributed by atoms with Crippen molar-refractivity contribution < 1.29 is 27.5 Å². The number of sulfonamides is 1. The van der Waals surface area contributed by atoms with E-state index in [0.717, 1.165) is 11.1 Å². The topological polar surface area (TPSA) is 119 Å². The van der Waals surface area contributed by atoms with E-state index in [-0.39, 0.29) is 22.9 Å². The molecule has 0 unspecified atom stereocenters. The fraction of sp³-hybridized carbons (Fsp3) is 0.391. The lowest BCUT2D eigenvalue weighted by molar-refractivity contribution is -0.117. The first kappa shape index (κ1) is 23.2. The molecule has 2 heterocycles. The number of nitrogens with zero attached hydrogens (tertiary/aromatic N) is 2. The Morgan fingerprint density at radius 3 is 2.27 bits per heavy atom. The van der Waals surface area contributed by atoms with Crippen LogP contribution in [0.2, 0.25) is 0 Å². The molecule has 0 aliphatic carbocycles. The molecule has 2 aliphatic heterocycles. The number of benzene rings is 2. The van der Waals surface area contributed by atoms with Gasteiger partial charge in [-0.15, -0.1) is 0 Å². The lowest BCUT2D eigenvalue weighted by atomic mass is 10.0. The van der Waals surface area contributed by atoms with E-state index < -0.39 is 16.1 Å². The van der Waals surface area contributed by atoms with Gasteiger partial charge in [0.25, 0.3) is 0 Å². The average molecular weight is 474 g/mol. The van der Waals surface area contributed by atoms with E-state index in [9.17, 15) is 18.0 Å². The van der Waals surface area contributed by atoms with Crippen molar-refractivity contribution in [1.29, 1.82) is 0 Å². The highest BCUT2D eigenvalue weighted by Gasteiger charge is 2.35. The van der Waals surface area contributed by atoms with Crippen molar-refractivity contribution in [3.63, 3.8) is 0 Å². The minimum atomic E-state index is -3.80. The van der Waals surface area contributed by atoms with Gasteiger partial charge in [0.1, 0.15) is 6.10 Å². The Kier molecular flexibility index (Phi) is 6.42. The van der Waals surface area contributed by atoms with Crippen LogP contribution < -0.4 is 14.9 Å². The quantitative estimate of drug-likeness (QED) is 0.732. The van der Waals surface area contributed by atoms with E-state index in [1.807, 2.05) is 19.1 Å². The Morgan fingerprint density at radius 1 is 1.03 bits per heavy atom. The molecule has 1 saturated heterocycles. The maximum atomic E-state index is 13.1. The second-order valence-corrected chi connectivity index (χ2v) is 9.88. The zero-order chi connectivity index (χ0) is 23.8. The molecular weight excluding hydrogens is 446 g/mol. The first-order valence-corrected chi connectivity index (χ1v) is 12.3. The minimum absolute atomic E-state index is 0.0162. The van der Waals surface area contributed by atoms with Crippen molar-refractivity contribution in [3.05, 3.63) is 42.5 Å². The number of nitrogens with two attached hydrogens (primary N) is 1. The SMILES string of the molecule is CC(=O)N1c2ccc(-c3ccc(S(N)(=O)=O)cc3)cc2N(C(=O)OC2CCOCC2)C[C@@H]1C. The van der Waals surface area contributed by atoms with Gasteiger partial charge in [-0.25, -0.2) is 18.4 Å². The van der Waals surface area contributed by atoms with E-state index in [0.29, 0.717) is 44.0 Å². The molecule has 2 N–H and O–H groups in total. The summed E-state index contributed by atoms with van der Waals surface area (Å²) in [5.41, 5.74) is 2.69. The summed E-state index contributed by atoms with van der Waals surface area (Å²) < 4.78 is 34.2. The number of hydrogen-bond donors (Lipinski definition) is 1. The van der Waals surface area contributed by atoms with Gasteiger partial charge >= 0.3 is 6.09 Å². The Hall–Kier alpha value is -2.95. The van der Waals surface area contributed by atoms with Crippen LogP contribution in [0.3, 0.4) is 0 Å². The minimum Gasteiger partial charge on any atom is -0.446 e. The molecule has 2 aromatic carbocycles. The summed E-state index contributed by atoms with van der Waals surface area (Å²) in [6.07, 6.45) is 0.639. The third-order valence-electron chi connectivity index (χ3n) is 5.92. The maximum absolute atomic E-state index is 13.1. The van der Waals surface area contributed by atoms with Crippen LogP contribution in [0, 0.1) is 0 Å². The predicted octanol–water partition coefficient (Wildman–Crippen LogP) is 2.88. The number of amides is 2. The number of anilines is 2. The summed E-state index contributed by atoms with van der Waals surface area (Å²) >= 11 is 0. The maximum Gasteiger partial charge on any atom is 0.414 e. The van der Waals surface area contributed by atoms with Crippen LogP contribution in [0.1, 0.15) is 26.7 Å². The molecule has 1 atom stereocenters. The standard InChI is InChI=1S/C23H27N3O6S/c1-15-14-25(23(28)32-19-9-11-31-12-10-19)22-13-18(5-8-21(22)26(15)16(2)27)17-3-6-20(7-4-17)33(24,29)30/h3-8,13,15,19H,9-12,14H2,1-2H3,(H2,24,29,30)/t15-/m0/s1. The molecule has 2 aromatic rings. The summed E-state index contributed by atoms with van der Waals surface area (Å²) in [5, 5.41) is 5.19. The van der Waals surface area contributed by atoms with Crippen LogP contribution in [0.15, 0.2) is 47.4 Å². The van der Waals surface area contributed by atoms with Gasteiger partial charge in [0.15, 0.2) is 0 Å². The van der Waals surface area contributed by atoms with Crippen LogP contribution in [-0.4, -0.2) is 52.3 Å². The van der Waals surface area contributed by atoms with Gasteiger partial charge in [0, 0.05) is 26.3 Å². The molecule has 0 radical (unpaired) electrons. The number of fused-ring (bicyclic) bond motifs is 1. The van der Waals surface area contributed by atoms with Gasteiger partial charge in [0.05, 0.1) is 35.5 Å². The van der Waals surface area contributed by atoms with E-state index in [4.69, 9.17) is 14.6 Å².